The Morgan fingerprint density at radius 3 is 2.48 bits per heavy atom. The summed E-state index contributed by atoms with van der Waals surface area (Å²) in [5.41, 5.74) is 1.10. The molecule has 1 aliphatic carbocycles. The Balaban J connectivity index is 1.71. The smallest absolute Gasteiger partial charge is 0.404 e. The lowest BCUT2D eigenvalue weighted by molar-refractivity contribution is 0.142. The number of carbonyl (C=O) groups is 1. The van der Waals surface area contributed by atoms with E-state index in [1.54, 1.807) is 0 Å². The van der Waals surface area contributed by atoms with E-state index in [0.29, 0.717) is 17.1 Å². The van der Waals surface area contributed by atoms with E-state index in [1.165, 1.54) is 18.4 Å². The second kappa shape index (κ2) is 6.98. The van der Waals surface area contributed by atoms with Crippen molar-refractivity contribution in [2.45, 2.75) is 58.4 Å². The first-order valence-corrected chi connectivity index (χ1v) is 9.40. The predicted octanol–water partition coefficient (Wildman–Crippen LogP) is 3.91. The quantitative estimate of drug-likeness (QED) is 0.790. The molecule has 7 heteroatoms. The zero-order chi connectivity index (χ0) is 18.2. The molecule has 1 aromatic rings. The molecule has 6 nitrogen and oxygen atoms in total. The molecule has 1 amide bonds. The normalized spacial score (nSPS) is 20.4. The maximum absolute atomic E-state index is 11.2. The molecule has 2 aliphatic rings. The summed E-state index contributed by atoms with van der Waals surface area (Å²) in [6, 6.07) is -0.0518. The number of piperidine rings is 1. The van der Waals surface area contributed by atoms with Crippen molar-refractivity contribution in [1.82, 2.24) is 15.3 Å². The largest absolute Gasteiger partial charge is 0.465 e. The van der Waals surface area contributed by atoms with Gasteiger partial charge in [0.05, 0.1) is 0 Å². The Morgan fingerprint density at radius 1 is 1.32 bits per heavy atom. The van der Waals surface area contributed by atoms with Gasteiger partial charge in [-0.3, -0.25) is 0 Å². The Hall–Kier alpha value is -1.56. The van der Waals surface area contributed by atoms with Crippen molar-refractivity contribution in [3.63, 3.8) is 0 Å². The third-order valence-electron chi connectivity index (χ3n) is 5.31. The topological polar surface area (TPSA) is 78.4 Å². The molecule has 1 saturated carbocycles. The Labute approximate surface area is 154 Å². The molecule has 2 N–H and O–H groups in total. The van der Waals surface area contributed by atoms with Crippen LogP contribution in [-0.4, -0.2) is 40.3 Å². The highest BCUT2D eigenvalue weighted by Crippen LogP contribution is 2.44. The minimum absolute atomic E-state index is 0.0518. The van der Waals surface area contributed by atoms with E-state index in [2.05, 4.69) is 41.0 Å². The highest BCUT2D eigenvalue weighted by atomic mass is 35.5. The standard InChI is InChI=1S/C18H27ClN4O2/c1-18(2,3)14(21-17(24)25)12-6-8-23(9-7-12)15-13(11-4-5-11)10-20-16(19)22-15/h10-12,14,21H,4-9H2,1-3H3,(H,24,25). The molecule has 0 bridgehead atoms. The zero-order valence-corrected chi connectivity index (χ0v) is 15.9. The molecule has 2 fully saturated rings. The van der Waals surface area contributed by atoms with Gasteiger partial charge in [-0.1, -0.05) is 20.8 Å². The second-order valence-electron chi connectivity index (χ2n) is 8.31. The van der Waals surface area contributed by atoms with Crippen molar-refractivity contribution in [3.8, 4) is 0 Å². The van der Waals surface area contributed by atoms with Crippen LogP contribution in [0.2, 0.25) is 5.28 Å². The van der Waals surface area contributed by atoms with Gasteiger partial charge >= 0.3 is 6.09 Å². The first kappa shape index (κ1) is 18.2. The van der Waals surface area contributed by atoms with Gasteiger partial charge in [0, 0.05) is 30.9 Å². The summed E-state index contributed by atoms with van der Waals surface area (Å²) in [6.45, 7) is 8.01. The highest BCUT2D eigenvalue weighted by molar-refractivity contribution is 6.28. The van der Waals surface area contributed by atoms with Gasteiger partial charge in [0.1, 0.15) is 5.82 Å². The second-order valence-corrected chi connectivity index (χ2v) is 8.65. The summed E-state index contributed by atoms with van der Waals surface area (Å²) in [4.78, 5) is 22.1. The van der Waals surface area contributed by atoms with Crippen molar-refractivity contribution >= 4 is 23.5 Å². The third-order valence-corrected chi connectivity index (χ3v) is 5.49. The molecule has 1 unspecified atom stereocenters. The lowest BCUT2D eigenvalue weighted by Crippen LogP contribution is -2.51. The van der Waals surface area contributed by atoms with Crippen molar-refractivity contribution in [2.75, 3.05) is 18.0 Å². The van der Waals surface area contributed by atoms with Crippen LogP contribution >= 0.6 is 11.6 Å². The Morgan fingerprint density at radius 2 is 1.96 bits per heavy atom. The summed E-state index contributed by atoms with van der Waals surface area (Å²) in [5.74, 6) is 1.87. The summed E-state index contributed by atoms with van der Waals surface area (Å²) < 4.78 is 0. The van der Waals surface area contributed by atoms with Gasteiger partial charge in [0.25, 0.3) is 0 Å². The molecule has 0 radical (unpaired) electrons. The van der Waals surface area contributed by atoms with E-state index in [1.807, 2.05) is 6.20 Å². The number of amides is 1. The van der Waals surface area contributed by atoms with Gasteiger partial charge in [-0.2, -0.15) is 0 Å². The van der Waals surface area contributed by atoms with E-state index in [9.17, 15) is 9.90 Å². The van der Waals surface area contributed by atoms with Gasteiger partial charge in [0.15, 0.2) is 0 Å². The number of carboxylic acid groups (broad SMARTS) is 1. The summed E-state index contributed by atoms with van der Waals surface area (Å²) in [6.07, 6.45) is 5.20. The van der Waals surface area contributed by atoms with Crippen LogP contribution in [0.4, 0.5) is 10.6 Å². The van der Waals surface area contributed by atoms with E-state index in [-0.39, 0.29) is 11.5 Å². The molecular formula is C18H27ClN4O2. The van der Waals surface area contributed by atoms with Crippen LogP contribution in [0.3, 0.4) is 0 Å². The fraction of sp³-hybridized carbons (Fsp3) is 0.722. The van der Waals surface area contributed by atoms with E-state index in [0.717, 1.165) is 31.7 Å². The van der Waals surface area contributed by atoms with Crippen LogP contribution in [0.1, 0.15) is 57.9 Å². The van der Waals surface area contributed by atoms with Crippen LogP contribution in [0.15, 0.2) is 6.20 Å². The Bertz CT molecular complexity index is 634. The molecular weight excluding hydrogens is 340 g/mol. The predicted molar refractivity (Wildman–Crippen MR) is 98.4 cm³/mol. The zero-order valence-electron chi connectivity index (χ0n) is 15.1. The number of nitrogens with one attached hydrogen (secondary N) is 1. The number of nitrogens with zero attached hydrogens (tertiary/aromatic N) is 3. The Kier molecular flexibility index (Phi) is 5.09. The van der Waals surface area contributed by atoms with Crippen LogP contribution < -0.4 is 10.2 Å². The van der Waals surface area contributed by atoms with Gasteiger partial charge in [-0.25, -0.2) is 14.8 Å². The van der Waals surface area contributed by atoms with Crippen molar-refractivity contribution in [2.24, 2.45) is 11.3 Å². The maximum atomic E-state index is 11.2. The van der Waals surface area contributed by atoms with E-state index >= 15 is 0 Å². The first-order valence-electron chi connectivity index (χ1n) is 9.02. The average molecular weight is 367 g/mol. The number of rotatable bonds is 4. The molecule has 138 valence electrons. The number of aromatic nitrogens is 2. The minimum Gasteiger partial charge on any atom is -0.465 e. The molecule has 0 spiro atoms. The summed E-state index contributed by atoms with van der Waals surface area (Å²) >= 11 is 6.03. The van der Waals surface area contributed by atoms with Gasteiger partial charge < -0.3 is 15.3 Å². The maximum Gasteiger partial charge on any atom is 0.404 e. The number of anilines is 1. The summed E-state index contributed by atoms with van der Waals surface area (Å²) in [7, 11) is 0. The molecule has 25 heavy (non-hydrogen) atoms. The SMILES string of the molecule is CC(C)(C)C(NC(=O)O)C1CCN(c2nc(Cl)ncc2C2CC2)CC1. The fourth-order valence-electron chi connectivity index (χ4n) is 3.92. The molecule has 1 aliphatic heterocycles. The van der Waals surface area contributed by atoms with E-state index in [4.69, 9.17) is 11.6 Å². The van der Waals surface area contributed by atoms with Crippen molar-refractivity contribution < 1.29 is 9.90 Å². The highest BCUT2D eigenvalue weighted by Gasteiger charge is 2.37. The fourth-order valence-corrected chi connectivity index (χ4v) is 4.04. The third kappa shape index (κ3) is 4.35. The molecule has 1 atom stereocenters. The first-order chi connectivity index (χ1) is 11.8. The molecule has 2 heterocycles. The molecule has 3 rings (SSSR count). The van der Waals surface area contributed by atoms with Gasteiger partial charge in [0.2, 0.25) is 5.28 Å². The van der Waals surface area contributed by atoms with Crippen molar-refractivity contribution in [1.29, 1.82) is 0 Å². The molecule has 0 aromatic carbocycles. The monoisotopic (exact) mass is 366 g/mol. The van der Waals surface area contributed by atoms with Crippen LogP contribution in [0.5, 0.6) is 0 Å². The van der Waals surface area contributed by atoms with Crippen LogP contribution in [0, 0.1) is 11.3 Å². The summed E-state index contributed by atoms with van der Waals surface area (Å²) in [5, 5.41) is 12.2. The van der Waals surface area contributed by atoms with Gasteiger partial charge in [-0.05, 0) is 54.5 Å². The molecule has 1 aromatic heterocycles. The van der Waals surface area contributed by atoms with Crippen LogP contribution in [0.25, 0.3) is 0 Å². The number of hydrogen-bond donors (Lipinski definition) is 2. The van der Waals surface area contributed by atoms with E-state index < -0.39 is 6.09 Å². The lowest BCUT2D eigenvalue weighted by atomic mass is 9.75. The van der Waals surface area contributed by atoms with Crippen molar-refractivity contribution in [3.05, 3.63) is 17.0 Å². The lowest BCUT2D eigenvalue weighted by Gasteiger charge is -2.42. The average Bonchev–Trinajstić information content (AvgIpc) is 3.36. The van der Waals surface area contributed by atoms with Gasteiger partial charge in [-0.15, -0.1) is 0 Å². The minimum atomic E-state index is -0.944. The number of hydrogen-bond acceptors (Lipinski definition) is 4. The van der Waals surface area contributed by atoms with Crippen LogP contribution in [-0.2, 0) is 0 Å². The number of halogens is 1. The molecule has 1 saturated heterocycles.